The fraction of sp³-hybridized carbons (Fsp3) is 0.375. The van der Waals surface area contributed by atoms with Crippen LogP contribution < -0.4 is 4.72 Å². The van der Waals surface area contributed by atoms with E-state index >= 15 is 0 Å². The van der Waals surface area contributed by atoms with Crippen LogP contribution in [0.5, 0.6) is 0 Å². The summed E-state index contributed by atoms with van der Waals surface area (Å²) in [6.45, 7) is 1.30. The zero-order valence-corrected chi connectivity index (χ0v) is 13.4. The second-order valence-corrected chi connectivity index (χ2v) is 7.24. The molecule has 0 bridgehead atoms. The normalized spacial score (nSPS) is 17.7. The molecule has 1 aliphatic heterocycles. The zero-order valence-electron chi connectivity index (χ0n) is 12.6. The van der Waals surface area contributed by atoms with Gasteiger partial charge in [0.1, 0.15) is 4.90 Å². The number of sulfonamides is 1. The van der Waals surface area contributed by atoms with E-state index in [1.165, 1.54) is 6.20 Å². The number of rotatable bonds is 5. The lowest BCUT2D eigenvalue weighted by molar-refractivity contribution is 0.0564. The van der Waals surface area contributed by atoms with E-state index in [1.807, 2.05) is 12.1 Å². The molecule has 6 nitrogen and oxygen atoms in total. The van der Waals surface area contributed by atoms with Crippen LogP contribution in [0.25, 0.3) is 0 Å². The van der Waals surface area contributed by atoms with E-state index < -0.39 is 10.0 Å². The molecule has 0 saturated carbocycles. The summed E-state index contributed by atoms with van der Waals surface area (Å²) in [6.07, 6.45) is 7.93. The molecule has 0 aliphatic carbocycles. The van der Waals surface area contributed by atoms with Crippen molar-refractivity contribution >= 4 is 10.0 Å². The molecule has 1 fully saturated rings. The van der Waals surface area contributed by atoms with Gasteiger partial charge in [-0.2, -0.15) is 0 Å². The first-order valence-corrected chi connectivity index (χ1v) is 9.05. The number of hydrogen-bond acceptors (Lipinski definition) is 5. The highest BCUT2D eigenvalue weighted by Crippen LogP contribution is 2.31. The van der Waals surface area contributed by atoms with Gasteiger partial charge in [0, 0.05) is 38.0 Å². The number of hydrogen-bond donors (Lipinski definition) is 1. The van der Waals surface area contributed by atoms with Gasteiger partial charge in [-0.15, -0.1) is 0 Å². The van der Waals surface area contributed by atoms with E-state index in [2.05, 4.69) is 14.7 Å². The molecule has 1 atom stereocenters. The van der Waals surface area contributed by atoms with Crippen molar-refractivity contribution in [2.45, 2.75) is 23.8 Å². The molecule has 1 saturated heterocycles. The molecule has 0 aromatic carbocycles. The molecule has 122 valence electrons. The Hall–Kier alpha value is -1.83. The lowest BCUT2D eigenvalue weighted by atomic mass is 9.88. The Balaban J connectivity index is 1.89. The molecular formula is C16H19N3O3S. The Morgan fingerprint density at radius 1 is 1.09 bits per heavy atom. The summed E-state index contributed by atoms with van der Waals surface area (Å²) in [5, 5.41) is 0. The molecule has 2 aromatic rings. The monoisotopic (exact) mass is 333 g/mol. The third-order valence-electron chi connectivity index (χ3n) is 4.01. The molecule has 1 N–H and O–H groups in total. The second kappa shape index (κ2) is 7.16. The van der Waals surface area contributed by atoms with Gasteiger partial charge in [-0.05, 0) is 42.5 Å². The molecule has 3 heterocycles. The molecule has 0 amide bonds. The maximum Gasteiger partial charge on any atom is 0.242 e. The molecular weight excluding hydrogens is 314 g/mol. The first-order valence-electron chi connectivity index (χ1n) is 7.57. The fourth-order valence-electron chi connectivity index (χ4n) is 2.79. The predicted molar refractivity (Wildman–Crippen MR) is 85.1 cm³/mol. The van der Waals surface area contributed by atoms with Crippen molar-refractivity contribution in [3.63, 3.8) is 0 Å². The number of pyridine rings is 2. The highest BCUT2D eigenvalue weighted by Gasteiger charge is 2.30. The van der Waals surface area contributed by atoms with Crippen LogP contribution in [0.4, 0.5) is 0 Å². The summed E-state index contributed by atoms with van der Waals surface area (Å²) in [5.74, 6) is 0.180. The molecule has 7 heteroatoms. The molecule has 3 rings (SSSR count). The Bertz CT molecular complexity index is 717. The van der Waals surface area contributed by atoms with Crippen molar-refractivity contribution in [2.24, 2.45) is 5.92 Å². The van der Waals surface area contributed by atoms with Gasteiger partial charge in [0.25, 0.3) is 0 Å². The van der Waals surface area contributed by atoms with Crippen molar-refractivity contribution in [2.75, 3.05) is 13.2 Å². The minimum absolute atomic E-state index is 0.168. The zero-order chi connectivity index (χ0) is 16.1. The molecule has 2 aromatic heterocycles. The van der Waals surface area contributed by atoms with E-state index in [4.69, 9.17) is 4.74 Å². The quantitative estimate of drug-likeness (QED) is 0.904. The summed E-state index contributed by atoms with van der Waals surface area (Å²) < 4.78 is 33.5. The van der Waals surface area contributed by atoms with Crippen LogP contribution in [0.15, 0.2) is 53.9 Å². The van der Waals surface area contributed by atoms with Crippen LogP contribution in [0.1, 0.15) is 24.4 Å². The Morgan fingerprint density at radius 3 is 2.39 bits per heavy atom. The molecule has 0 spiro atoms. The van der Waals surface area contributed by atoms with Crippen molar-refractivity contribution in [3.8, 4) is 0 Å². The van der Waals surface area contributed by atoms with Gasteiger partial charge in [-0.25, -0.2) is 13.1 Å². The number of ether oxygens (including phenoxy) is 1. The van der Waals surface area contributed by atoms with Crippen LogP contribution >= 0.6 is 0 Å². The average molecular weight is 333 g/mol. The van der Waals surface area contributed by atoms with Gasteiger partial charge < -0.3 is 4.74 Å². The Labute approximate surface area is 136 Å². The standard InChI is InChI=1S/C16H19N3O3S/c20-23(21,15-4-2-8-18-12-15)19-16(13-5-9-22-10-6-13)14-3-1-7-17-11-14/h1-4,7-8,11-13,16,19H,5-6,9-10H2/t16-/m0/s1. The van der Waals surface area contributed by atoms with Gasteiger partial charge in [0.2, 0.25) is 10.0 Å². The highest BCUT2D eigenvalue weighted by molar-refractivity contribution is 7.89. The molecule has 0 radical (unpaired) electrons. The number of nitrogens with zero attached hydrogens (tertiary/aromatic N) is 2. The van der Waals surface area contributed by atoms with Gasteiger partial charge in [-0.1, -0.05) is 6.07 Å². The maximum absolute atomic E-state index is 12.7. The van der Waals surface area contributed by atoms with Gasteiger partial charge in [-0.3, -0.25) is 9.97 Å². The van der Waals surface area contributed by atoms with Crippen LogP contribution in [0.3, 0.4) is 0 Å². The lowest BCUT2D eigenvalue weighted by Gasteiger charge is -2.30. The minimum atomic E-state index is -3.64. The van der Waals surface area contributed by atoms with Crippen molar-refractivity contribution in [3.05, 3.63) is 54.6 Å². The van der Waals surface area contributed by atoms with Crippen LogP contribution in [-0.2, 0) is 14.8 Å². The Morgan fingerprint density at radius 2 is 1.78 bits per heavy atom. The van der Waals surface area contributed by atoms with Crippen LogP contribution in [0, 0.1) is 5.92 Å². The largest absolute Gasteiger partial charge is 0.381 e. The van der Waals surface area contributed by atoms with Crippen LogP contribution in [0.2, 0.25) is 0 Å². The number of nitrogens with one attached hydrogen (secondary N) is 1. The van der Waals surface area contributed by atoms with Gasteiger partial charge in [0.15, 0.2) is 0 Å². The third kappa shape index (κ3) is 3.93. The van der Waals surface area contributed by atoms with E-state index in [0.717, 1.165) is 18.4 Å². The summed E-state index contributed by atoms with van der Waals surface area (Å²) in [4.78, 5) is 8.18. The van der Waals surface area contributed by atoms with E-state index in [0.29, 0.717) is 13.2 Å². The van der Waals surface area contributed by atoms with E-state index in [1.54, 1.807) is 30.7 Å². The molecule has 1 aliphatic rings. The van der Waals surface area contributed by atoms with E-state index in [9.17, 15) is 8.42 Å². The topological polar surface area (TPSA) is 81.2 Å². The SMILES string of the molecule is O=S(=O)(N[C@H](c1cccnc1)C1CCOCC1)c1cccnc1. The summed E-state index contributed by atoms with van der Waals surface area (Å²) in [6, 6.07) is 6.55. The highest BCUT2D eigenvalue weighted by atomic mass is 32.2. The van der Waals surface area contributed by atoms with Crippen molar-refractivity contribution in [1.82, 2.24) is 14.7 Å². The summed E-state index contributed by atoms with van der Waals surface area (Å²) in [5.41, 5.74) is 0.867. The second-order valence-electron chi connectivity index (χ2n) is 5.52. The lowest BCUT2D eigenvalue weighted by Crippen LogP contribution is -2.36. The summed E-state index contributed by atoms with van der Waals surface area (Å²) in [7, 11) is -3.64. The molecule has 23 heavy (non-hydrogen) atoms. The number of aromatic nitrogens is 2. The summed E-state index contributed by atoms with van der Waals surface area (Å²) >= 11 is 0. The first-order chi connectivity index (χ1) is 11.2. The maximum atomic E-state index is 12.7. The average Bonchev–Trinajstić information content (AvgIpc) is 2.62. The van der Waals surface area contributed by atoms with Gasteiger partial charge >= 0.3 is 0 Å². The smallest absolute Gasteiger partial charge is 0.242 e. The Kier molecular flexibility index (Phi) is 5.00. The minimum Gasteiger partial charge on any atom is -0.381 e. The van der Waals surface area contributed by atoms with Crippen LogP contribution in [-0.4, -0.2) is 31.6 Å². The van der Waals surface area contributed by atoms with Gasteiger partial charge in [0.05, 0.1) is 6.04 Å². The van der Waals surface area contributed by atoms with E-state index in [-0.39, 0.29) is 16.9 Å². The van der Waals surface area contributed by atoms with Crippen molar-refractivity contribution < 1.29 is 13.2 Å². The predicted octanol–water partition coefficient (Wildman–Crippen LogP) is 1.92. The fourth-order valence-corrected chi connectivity index (χ4v) is 4.04. The molecule has 0 unspecified atom stereocenters. The van der Waals surface area contributed by atoms with Crippen molar-refractivity contribution in [1.29, 1.82) is 0 Å². The first kappa shape index (κ1) is 16.0. The third-order valence-corrected chi connectivity index (χ3v) is 5.43.